The predicted molar refractivity (Wildman–Crippen MR) is 86.2 cm³/mol. The van der Waals surface area contributed by atoms with E-state index in [1.165, 1.54) is 24.3 Å². The first-order chi connectivity index (χ1) is 11.7. The van der Waals surface area contributed by atoms with Crippen molar-refractivity contribution < 1.29 is 23.1 Å². The van der Waals surface area contributed by atoms with Crippen LogP contribution in [0.4, 0.5) is 13.2 Å². The van der Waals surface area contributed by atoms with Crippen LogP contribution >= 0.6 is 11.6 Å². The number of alkyl halides is 3. The zero-order valence-electron chi connectivity index (χ0n) is 12.6. The quantitative estimate of drug-likeness (QED) is 0.851. The molecule has 0 unspecified atom stereocenters. The number of rotatable bonds is 2. The van der Waals surface area contributed by atoms with E-state index in [-0.39, 0.29) is 16.3 Å². The zero-order chi connectivity index (χ0) is 18.2. The number of hydrogen-bond acceptors (Lipinski definition) is 3. The summed E-state index contributed by atoms with van der Waals surface area (Å²) in [5.41, 5.74) is -0.797. The predicted octanol–water partition coefficient (Wildman–Crippen LogP) is 3.59. The lowest BCUT2D eigenvalue weighted by Crippen LogP contribution is -2.60. The Hall–Kier alpha value is -2.51. The van der Waals surface area contributed by atoms with Gasteiger partial charge in [-0.2, -0.15) is 13.2 Å². The maximum atomic E-state index is 13.5. The van der Waals surface area contributed by atoms with Crippen molar-refractivity contribution in [2.45, 2.75) is 11.9 Å². The zero-order valence-corrected chi connectivity index (χ0v) is 13.3. The maximum absolute atomic E-state index is 13.5. The molecule has 0 fully saturated rings. The summed E-state index contributed by atoms with van der Waals surface area (Å²) in [6, 6.07) is 13.4. The molecule has 0 aliphatic carbocycles. The van der Waals surface area contributed by atoms with Gasteiger partial charge in [0.15, 0.2) is 0 Å². The van der Waals surface area contributed by atoms with Crippen molar-refractivity contribution in [3.63, 3.8) is 0 Å². The number of carbonyl (C=O) groups excluding carboxylic acids is 1. The number of nitrogens with zero attached hydrogens (tertiary/aromatic N) is 1. The third kappa shape index (κ3) is 3.08. The van der Waals surface area contributed by atoms with Gasteiger partial charge >= 0.3 is 6.18 Å². The molecule has 0 bridgehead atoms. The number of hydrogen-bond donors (Lipinski definition) is 2. The average Bonchev–Trinajstić information content (AvgIpc) is 2.95. The Balaban J connectivity index is 2.01. The third-order valence-electron chi connectivity index (χ3n) is 3.72. The van der Waals surface area contributed by atoms with E-state index >= 15 is 0 Å². The van der Waals surface area contributed by atoms with Gasteiger partial charge in [0.2, 0.25) is 0 Å². The minimum absolute atomic E-state index is 0.0252. The molecule has 130 valence electrons. The van der Waals surface area contributed by atoms with Crippen LogP contribution < -0.4 is 5.43 Å². The second-order valence-corrected chi connectivity index (χ2v) is 5.84. The standard InChI is InChI=1S/C17H12ClF3N2O2/c18-13-8-6-12(7-9-13)15(24)23-16(25,17(19,20)21)10-14(22-23)11-4-2-1-3-5-11/h1-10,22,25H/t16-/m0/s1. The molecule has 8 heteroatoms. The Labute approximate surface area is 146 Å². The number of hydrazine groups is 1. The molecule has 2 N–H and O–H groups in total. The van der Waals surface area contributed by atoms with E-state index in [4.69, 9.17) is 11.6 Å². The fourth-order valence-electron chi connectivity index (χ4n) is 2.41. The lowest BCUT2D eigenvalue weighted by Gasteiger charge is -2.33. The van der Waals surface area contributed by atoms with Crippen LogP contribution in [0.5, 0.6) is 0 Å². The van der Waals surface area contributed by atoms with Crippen LogP contribution in [0.3, 0.4) is 0 Å². The summed E-state index contributed by atoms with van der Waals surface area (Å²) in [5.74, 6) is -1.04. The first kappa shape index (κ1) is 17.3. The van der Waals surface area contributed by atoms with Crippen molar-refractivity contribution in [3.05, 3.63) is 76.8 Å². The van der Waals surface area contributed by atoms with E-state index in [1.54, 1.807) is 30.3 Å². The number of carbonyl (C=O) groups is 1. The molecule has 0 aromatic heterocycles. The van der Waals surface area contributed by atoms with Gasteiger partial charge in [-0.3, -0.25) is 10.2 Å². The summed E-state index contributed by atoms with van der Waals surface area (Å²) >= 11 is 5.73. The number of nitrogens with one attached hydrogen (secondary N) is 1. The van der Waals surface area contributed by atoms with E-state index in [2.05, 4.69) is 5.43 Å². The highest BCUT2D eigenvalue weighted by molar-refractivity contribution is 6.30. The summed E-state index contributed by atoms with van der Waals surface area (Å²) in [6.45, 7) is 0. The van der Waals surface area contributed by atoms with Gasteiger partial charge in [-0.15, -0.1) is 0 Å². The molecule has 1 aliphatic rings. The van der Waals surface area contributed by atoms with Crippen molar-refractivity contribution in [2.24, 2.45) is 0 Å². The summed E-state index contributed by atoms with van der Waals surface area (Å²) < 4.78 is 40.4. The van der Waals surface area contributed by atoms with Gasteiger partial charge in [-0.25, -0.2) is 5.01 Å². The lowest BCUT2D eigenvalue weighted by atomic mass is 10.1. The highest BCUT2D eigenvalue weighted by Gasteiger charge is 2.61. The minimum Gasteiger partial charge on any atom is -0.359 e. The van der Waals surface area contributed by atoms with Gasteiger partial charge in [0.25, 0.3) is 11.6 Å². The second-order valence-electron chi connectivity index (χ2n) is 5.41. The topological polar surface area (TPSA) is 52.6 Å². The number of amides is 1. The molecule has 1 heterocycles. The van der Waals surface area contributed by atoms with Crippen molar-refractivity contribution in [1.29, 1.82) is 0 Å². The summed E-state index contributed by atoms with van der Waals surface area (Å²) in [7, 11) is 0. The van der Waals surface area contributed by atoms with Crippen LogP contribution in [0.15, 0.2) is 60.7 Å². The molecular formula is C17H12ClF3N2O2. The summed E-state index contributed by atoms with van der Waals surface area (Å²) in [6.07, 6.45) is -4.52. The smallest absolute Gasteiger partial charge is 0.359 e. The fourth-order valence-corrected chi connectivity index (χ4v) is 2.53. The molecule has 1 amide bonds. The molecule has 0 saturated carbocycles. The molecule has 1 atom stereocenters. The molecule has 1 aliphatic heterocycles. The van der Waals surface area contributed by atoms with E-state index in [9.17, 15) is 23.1 Å². The summed E-state index contributed by atoms with van der Waals surface area (Å²) in [5, 5.41) is 10.7. The molecule has 4 nitrogen and oxygen atoms in total. The van der Waals surface area contributed by atoms with Crippen LogP contribution in [0.25, 0.3) is 5.70 Å². The Bertz CT molecular complexity index is 822. The van der Waals surface area contributed by atoms with Crippen LogP contribution in [0.2, 0.25) is 5.02 Å². The Morgan fingerprint density at radius 1 is 1.08 bits per heavy atom. The highest BCUT2D eigenvalue weighted by atomic mass is 35.5. The molecule has 3 rings (SSSR count). The van der Waals surface area contributed by atoms with Crippen molar-refractivity contribution in [1.82, 2.24) is 10.4 Å². The van der Waals surface area contributed by atoms with E-state index in [0.717, 1.165) is 0 Å². The second kappa shape index (κ2) is 6.09. The van der Waals surface area contributed by atoms with Crippen LogP contribution in [0, 0.1) is 0 Å². The van der Waals surface area contributed by atoms with Crippen molar-refractivity contribution in [3.8, 4) is 0 Å². The molecule has 2 aromatic carbocycles. The maximum Gasteiger partial charge on any atom is 0.442 e. The van der Waals surface area contributed by atoms with Crippen molar-refractivity contribution in [2.75, 3.05) is 0 Å². The van der Waals surface area contributed by atoms with Crippen LogP contribution in [-0.4, -0.2) is 27.9 Å². The first-order valence-electron chi connectivity index (χ1n) is 7.16. The van der Waals surface area contributed by atoms with Gasteiger partial charge in [0.05, 0.1) is 5.70 Å². The lowest BCUT2D eigenvalue weighted by molar-refractivity contribution is -0.283. The normalized spacial score (nSPS) is 20.2. The Kier molecular flexibility index (Phi) is 4.22. The van der Waals surface area contributed by atoms with Crippen LogP contribution in [0.1, 0.15) is 15.9 Å². The SMILES string of the molecule is O=C(c1ccc(Cl)cc1)N1NC(c2ccccc2)=C[C@]1(O)C(F)(F)F. The molecule has 2 aromatic rings. The molecular weight excluding hydrogens is 357 g/mol. The molecule has 25 heavy (non-hydrogen) atoms. The van der Waals surface area contributed by atoms with Gasteiger partial charge in [0, 0.05) is 16.7 Å². The average molecular weight is 369 g/mol. The van der Waals surface area contributed by atoms with Crippen LogP contribution in [-0.2, 0) is 0 Å². The van der Waals surface area contributed by atoms with Gasteiger partial charge in [0.1, 0.15) is 0 Å². The van der Waals surface area contributed by atoms with Gasteiger partial charge < -0.3 is 5.11 Å². The Morgan fingerprint density at radius 3 is 2.24 bits per heavy atom. The van der Waals surface area contributed by atoms with Crippen molar-refractivity contribution >= 4 is 23.2 Å². The number of benzene rings is 2. The molecule has 0 radical (unpaired) electrons. The van der Waals surface area contributed by atoms with E-state index < -0.39 is 17.8 Å². The Morgan fingerprint density at radius 2 is 1.68 bits per heavy atom. The monoisotopic (exact) mass is 368 g/mol. The first-order valence-corrected chi connectivity index (χ1v) is 7.54. The minimum atomic E-state index is -5.10. The molecule has 0 spiro atoms. The largest absolute Gasteiger partial charge is 0.442 e. The summed E-state index contributed by atoms with van der Waals surface area (Å²) in [4.78, 5) is 12.5. The third-order valence-corrected chi connectivity index (χ3v) is 3.97. The van der Waals surface area contributed by atoms with Gasteiger partial charge in [-0.1, -0.05) is 41.9 Å². The van der Waals surface area contributed by atoms with E-state index in [0.29, 0.717) is 16.7 Å². The fraction of sp³-hybridized carbons (Fsp3) is 0.118. The van der Waals surface area contributed by atoms with E-state index in [1.807, 2.05) is 0 Å². The number of aliphatic hydroxyl groups is 1. The number of halogens is 4. The molecule has 0 saturated heterocycles. The van der Waals surface area contributed by atoms with Gasteiger partial charge in [-0.05, 0) is 29.8 Å². The highest BCUT2D eigenvalue weighted by Crippen LogP contribution is 2.40.